The summed E-state index contributed by atoms with van der Waals surface area (Å²) in [5.41, 5.74) is 0.930. The van der Waals surface area contributed by atoms with Gasteiger partial charge in [0.05, 0.1) is 0 Å². The number of aryl methyl sites for hydroxylation is 1. The number of tetrazole rings is 1. The first-order valence-corrected chi connectivity index (χ1v) is 13.0. The highest BCUT2D eigenvalue weighted by atomic mass is 32.1. The van der Waals surface area contributed by atoms with E-state index < -0.39 is 6.04 Å². The van der Waals surface area contributed by atoms with Crippen LogP contribution in [-0.4, -0.2) is 43.0 Å². The van der Waals surface area contributed by atoms with E-state index in [-0.39, 0.29) is 30.9 Å². The molecule has 1 atom stereocenters. The summed E-state index contributed by atoms with van der Waals surface area (Å²) >= 11 is 1.47. The Morgan fingerprint density at radius 1 is 1.14 bits per heavy atom. The molecule has 0 bridgehead atoms. The van der Waals surface area contributed by atoms with Crippen molar-refractivity contribution >= 4 is 23.2 Å². The number of rotatable bonds is 9. The molecule has 1 N–H and O–H groups in total. The normalized spacial score (nSPS) is 14.6. The van der Waals surface area contributed by atoms with Gasteiger partial charge in [0.2, 0.25) is 17.6 Å². The maximum Gasteiger partial charge on any atom is 0.248 e. The van der Waals surface area contributed by atoms with Gasteiger partial charge in [0.15, 0.2) is 5.76 Å². The van der Waals surface area contributed by atoms with Gasteiger partial charge in [0.1, 0.15) is 18.3 Å². The number of furan rings is 1. The minimum absolute atomic E-state index is 0.143. The number of amides is 2. The number of benzene rings is 1. The number of aromatic nitrogens is 4. The topological polar surface area (TPSA) is 106 Å². The maximum atomic E-state index is 13.7. The van der Waals surface area contributed by atoms with Gasteiger partial charge in [-0.15, -0.1) is 21.5 Å². The Labute approximate surface area is 213 Å². The zero-order valence-electron chi connectivity index (χ0n) is 20.0. The zero-order valence-corrected chi connectivity index (χ0v) is 20.9. The summed E-state index contributed by atoms with van der Waals surface area (Å²) in [5.74, 6) is 1.09. The molecule has 0 saturated heterocycles. The van der Waals surface area contributed by atoms with Crippen LogP contribution >= 0.6 is 11.3 Å². The number of hydrogen-bond acceptors (Lipinski definition) is 7. The third-order valence-electron chi connectivity index (χ3n) is 6.28. The Bertz CT molecular complexity index is 1290. The van der Waals surface area contributed by atoms with E-state index in [1.165, 1.54) is 16.1 Å². The van der Waals surface area contributed by atoms with Gasteiger partial charge in [-0.05, 0) is 54.1 Å². The van der Waals surface area contributed by atoms with E-state index in [4.69, 9.17) is 4.42 Å². The van der Waals surface area contributed by atoms with Gasteiger partial charge in [-0.3, -0.25) is 9.59 Å². The van der Waals surface area contributed by atoms with E-state index in [0.717, 1.165) is 41.9 Å². The second kappa shape index (κ2) is 10.9. The highest BCUT2D eigenvalue weighted by Crippen LogP contribution is 2.29. The number of nitrogens with one attached hydrogen (secondary N) is 1. The van der Waals surface area contributed by atoms with Gasteiger partial charge in [-0.1, -0.05) is 49.2 Å². The molecule has 36 heavy (non-hydrogen) atoms. The molecule has 1 fully saturated rings. The van der Waals surface area contributed by atoms with Crippen LogP contribution in [0.4, 0.5) is 0 Å². The van der Waals surface area contributed by atoms with Gasteiger partial charge in [0, 0.05) is 17.5 Å². The monoisotopic (exact) mass is 504 g/mol. The Morgan fingerprint density at radius 3 is 2.64 bits per heavy atom. The predicted octanol–water partition coefficient (Wildman–Crippen LogP) is 4.13. The molecule has 3 heterocycles. The molecule has 0 aliphatic heterocycles. The summed E-state index contributed by atoms with van der Waals surface area (Å²) in [7, 11) is 0. The molecule has 1 saturated carbocycles. The molecule has 2 amide bonds. The van der Waals surface area contributed by atoms with Crippen molar-refractivity contribution in [2.24, 2.45) is 0 Å². The van der Waals surface area contributed by atoms with Crippen LogP contribution in [0.25, 0.3) is 11.6 Å². The number of thiophene rings is 1. The smallest absolute Gasteiger partial charge is 0.248 e. The Hall–Kier alpha value is -3.79. The highest BCUT2D eigenvalue weighted by Gasteiger charge is 2.34. The van der Waals surface area contributed by atoms with Crippen molar-refractivity contribution in [3.05, 3.63) is 76.2 Å². The molecule has 1 unspecified atom stereocenters. The van der Waals surface area contributed by atoms with Gasteiger partial charge >= 0.3 is 0 Å². The van der Waals surface area contributed by atoms with Crippen molar-refractivity contribution in [1.29, 1.82) is 0 Å². The predicted molar refractivity (Wildman–Crippen MR) is 135 cm³/mol. The lowest BCUT2D eigenvalue weighted by molar-refractivity contribution is -0.142. The SMILES string of the molecule is Cc1ccc(-c2nnn(CC(=O)N(Cc3ccccc3)C(C(=O)NC3CCCC3)c3cccs3)n2)o1. The van der Waals surface area contributed by atoms with Crippen molar-refractivity contribution < 1.29 is 14.0 Å². The quantitative estimate of drug-likeness (QED) is 0.367. The lowest BCUT2D eigenvalue weighted by atomic mass is 10.1. The minimum Gasteiger partial charge on any atom is -0.458 e. The third kappa shape index (κ3) is 5.54. The van der Waals surface area contributed by atoms with E-state index in [1.807, 2.05) is 60.8 Å². The van der Waals surface area contributed by atoms with Crippen LogP contribution in [0.2, 0.25) is 0 Å². The fraction of sp³-hybridized carbons (Fsp3) is 0.346. The molecule has 9 nitrogen and oxygen atoms in total. The molecule has 5 rings (SSSR count). The number of carbonyl (C=O) groups excluding carboxylic acids is 2. The molecule has 4 aromatic rings. The Morgan fingerprint density at radius 2 is 1.94 bits per heavy atom. The fourth-order valence-electron chi connectivity index (χ4n) is 4.50. The van der Waals surface area contributed by atoms with E-state index in [0.29, 0.717) is 11.6 Å². The first kappa shape index (κ1) is 23.9. The van der Waals surface area contributed by atoms with Crippen LogP contribution < -0.4 is 5.32 Å². The van der Waals surface area contributed by atoms with Crippen LogP contribution in [0.15, 0.2) is 64.4 Å². The second-order valence-corrected chi connectivity index (χ2v) is 9.95. The summed E-state index contributed by atoms with van der Waals surface area (Å²) in [6.07, 6.45) is 4.15. The lowest BCUT2D eigenvalue weighted by Crippen LogP contribution is -2.46. The molecule has 186 valence electrons. The van der Waals surface area contributed by atoms with Crippen molar-refractivity contribution in [3.63, 3.8) is 0 Å². The number of hydrogen-bond donors (Lipinski definition) is 1. The molecule has 0 spiro atoms. The summed E-state index contributed by atoms with van der Waals surface area (Å²) in [6, 6.07) is 16.4. The van der Waals surface area contributed by atoms with Gasteiger partial charge < -0.3 is 14.6 Å². The molecular weight excluding hydrogens is 476 g/mol. The second-order valence-electron chi connectivity index (χ2n) is 8.97. The van der Waals surface area contributed by atoms with E-state index in [2.05, 4.69) is 20.7 Å². The van der Waals surface area contributed by atoms with Crippen LogP contribution in [-0.2, 0) is 22.7 Å². The van der Waals surface area contributed by atoms with Crippen LogP contribution in [0.1, 0.15) is 47.9 Å². The lowest BCUT2D eigenvalue weighted by Gasteiger charge is -2.31. The van der Waals surface area contributed by atoms with Crippen LogP contribution in [0.5, 0.6) is 0 Å². The van der Waals surface area contributed by atoms with Crippen molar-refractivity contribution in [2.75, 3.05) is 0 Å². The Kier molecular flexibility index (Phi) is 7.22. The third-order valence-corrected chi connectivity index (χ3v) is 7.21. The molecule has 1 aliphatic carbocycles. The van der Waals surface area contributed by atoms with Gasteiger partial charge in [0.25, 0.3) is 0 Å². The largest absolute Gasteiger partial charge is 0.458 e. The number of nitrogens with zero attached hydrogens (tertiary/aromatic N) is 5. The summed E-state index contributed by atoms with van der Waals surface area (Å²) < 4.78 is 5.57. The minimum atomic E-state index is -0.756. The summed E-state index contributed by atoms with van der Waals surface area (Å²) in [6.45, 7) is 1.96. The summed E-state index contributed by atoms with van der Waals surface area (Å²) in [4.78, 5) is 31.0. The molecular formula is C26H28N6O3S. The van der Waals surface area contributed by atoms with E-state index in [9.17, 15) is 9.59 Å². The number of carbonyl (C=O) groups is 2. The first-order valence-electron chi connectivity index (χ1n) is 12.1. The zero-order chi connectivity index (χ0) is 24.9. The van der Waals surface area contributed by atoms with Gasteiger partial charge in [-0.2, -0.15) is 4.80 Å². The fourth-order valence-corrected chi connectivity index (χ4v) is 5.33. The average molecular weight is 505 g/mol. The average Bonchev–Trinajstić information content (AvgIpc) is 3.68. The maximum absolute atomic E-state index is 13.7. The van der Waals surface area contributed by atoms with Crippen LogP contribution in [0.3, 0.4) is 0 Å². The first-order chi connectivity index (χ1) is 17.6. The van der Waals surface area contributed by atoms with E-state index >= 15 is 0 Å². The van der Waals surface area contributed by atoms with Crippen LogP contribution in [0, 0.1) is 6.92 Å². The van der Waals surface area contributed by atoms with Gasteiger partial charge in [-0.25, -0.2) is 0 Å². The standard InChI is InChI=1S/C26H28N6O3S/c1-18-13-14-21(35-18)25-28-30-32(29-25)17-23(33)31(16-19-8-3-2-4-9-19)24(22-12-7-15-36-22)26(34)27-20-10-5-6-11-20/h2-4,7-9,12-15,20,24H,5-6,10-11,16-17H2,1H3,(H,27,34). The van der Waals surface area contributed by atoms with E-state index in [1.54, 1.807) is 11.0 Å². The highest BCUT2D eigenvalue weighted by molar-refractivity contribution is 7.10. The Balaban J connectivity index is 1.42. The molecule has 1 aliphatic rings. The summed E-state index contributed by atoms with van der Waals surface area (Å²) in [5, 5.41) is 17.5. The molecule has 3 aromatic heterocycles. The molecule has 0 radical (unpaired) electrons. The van der Waals surface area contributed by atoms with Crippen molar-refractivity contribution in [2.45, 2.75) is 57.8 Å². The molecule has 1 aromatic carbocycles. The molecule has 10 heteroatoms. The van der Waals surface area contributed by atoms with Crippen molar-refractivity contribution in [1.82, 2.24) is 30.4 Å². The van der Waals surface area contributed by atoms with Crippen molar-refractivity contribution in [3.8, 4) is 11.6 Å².